The van der Waals surface area contributed by atoms with Crippen molar-refractivity contribution >= 4 is 29.4 Å². The minimum Gasteiger partial charge on any atom is -0.332 e. The van der Waals surface area contributed by atoms with Crippen molar-refractivity contribution in [3.05, 3.63) is 103 Å². The van der Waals surface area contributed by atoms with Crippen molar-refractivity contribution in [1.82, 2.24) is 0 Å². The maximum absolute atomic E-state index is 4.28. The molecule has 0 aromatic heterocycles. The number of hydrogen-bond donors (Lipinski definition) is 0. The molecule has 2 heterocycles. The second kappa shape index (κ2) is 8.72. The van der Waals surface area contributed by atoms with Crippen LogP contribution < -0.4 is 4.90 Å². The first kappa shape index (κ1) is 20.6. The van der Waals surface area contributed by atoms with Crippen molar-refractivity contribution in [3.8, 4) is 11.1 Å². The van der Waals surface area contributed by atoms with Gasteiger partial charge in [-0.25, -0.2) is 0 Å². The fourth-order valence-electron chi connectivity index (χ4n) is 5.41. The summed E-state index contributed by atoms with van der Waals surface area (Å²) in [7, 11) is 0. The molecule has 0 saturated carbocycles. The number of rotatable bonds is 3. The highest BCUT2D eigenvalue weighted by molar-refractivity contribution is 8.00. The molecular weight excluding hydrogens is 420 g/mol. The Bertz CT molecular complexity index is 1260. The van der Waals surface area contributed by atoms with Crippen molar-refractivity contribution in [2.24, 2.45) is 10.9 Å². The van der Waals surface area contributed by atoms with E-state index in [-0.39, 0.29) is 0 Å². The largest absolute Gasteiger partial charge is 0.332 e. The summed E-state index contributed by atoms with van der Waals surface area (Å²) < 4.78 is 0. The molecule has 1 aliphatic carbocycles. The van der Waals surface area contributed by atoms with Crippen molar-refractivity contribution in [2.75, 3.05) is 4.90 Å². The molecule has 4 atom stereocenters. The third-order valence-corrected chi connectivity index (χ3v) is 8.70. The van der Waals surface area contributed by atoms with E-state index in [0.717, 1.165) is 12.8 Å². The number of benzene rings is 3. The third-order valence-electron chi connectivity index (χ3n) is 7.09. The number of allylic oxidation sites excluding steroid dienone is 2. The SMILES string of the molecule is CC1CC=CC2C1Sc1ccccc1N2c1cccc(-c2ccccc2C2C=CN=CC2)c1. The summed E-state index contributed by atoms with van der Waals surface area (Å²) in [5.41, 5.74) is 6.55. The van der Waals surface area contributed by atoms with Gasteiger partial charge in [-0.15, -0.1) is 11.8 Å². The fourth-order valence-corrected chi connectivity index (χ4v) is 6.84. The first-order valence-corrected chi connectivity index (χ1v) is 12.8. The van der Waals surface area contributed by atoms with E-state index in [4.69, 9.17) is 0 Å². The van der Waals surface area contributed by atoms with Crippen LogP contribution in [0.2, 0.25) is 0 Å². The van der Waals surface area contributed by atoms with Crippen LogP contribution in [-0.2, 0) is 0 Å². The lowest BCUT2D eigenvalue weighted by molar-refractivity contribution is 0.493. The summed E-state index contributed by atoms with van der Waals surface area (Å²) in [5, 5.41) is 0.563. The summed E-state index contributed by atoms with van der Waals surface area (Å²) in [6, 6.07) is 27.2. The number of para-hydroxylation sites is 1. The molecule has 2 aliphatic heterocycles. The third kappa shape index (κ3) is 3.75. The van der Waals surface area contributed by atoms with Crippen molar-refractivity contribution in [2.45, 2.75) is 41.9 Å². The molecule has 3 aromatic carbocycles. The predicted octanol–water partition coefficient (Wildman–Crippen LogP) is 8.00. The molecule has 0 amide bonds. The number of fused-ring (bicyclic) bond motifs is 2. The topological polar surface area (TPSA) is 15.6 Å². The van der Waals surface area contributed by atoms with Crippen LogP contribution in [-0.4, -0.2) is 17.5 Å². The maximum atomic E-state index is 4.28. The molecule has 0 saturated heterocycles. The summed E-state index contributed by atoms with van der Waals surface area (Å²) in [5.74, 6) is 1.03. The van der Waals surface area contributed by atoms with E-state index < -0.39 is 0 Å². The zero-order chi connectivity index (χ0) is 22.2. The molecule has 3 heteroatoms. The lowest BCUT2D eigenvalue weighted by Crippen LogP contribution is -2.45. The lowest BCUT2D eigenvalue weighted by atomic mass is 9.87. The number of hydrogen-bond acceptors (Lipinski definition) is 3. The van der Waals surface area contributed by atoms with Gasteiger partial charge in [0.15, 0.2) is 0 Å². The van der Waals surface area contributed by atoms with Gasteiger partial charge in [0.1, 0.15) is 0 Å². The maximum Gasteiger partial charge on any atom is 0.0647 e. The van der Waals surface area contributed by atoms with Crippen molar-refractivity contribution < 1.29 is 0 Å². The zero-order valence-electron chi connectivity index (χ0n) is 18.8. The van der Waals surface area contributed by atoms with E-state index in [1.165, 1.54) is 33.0 Å². The van der Waals surface area contributed by atoms with Crippen LogP contribution >= 0.6 is 11.8 Å². The van der Waals surface area contributed by atoms with Gasteiger partial charge in [0.25, 0.3) is 0 Å². The summed E-state index contributed by atoms with van der Waals surface area (Å²) >= 11 is 2.06. The van der Waals surface area contributed by atoms with Crippen LogP contribution in [0.4, 0.5) is 11.4 Å². The molecule has 2 nitrogen and oxygen atoms in total. The zero-order valence-corrected chi connectivity index (χ0v) is 19.7. The van der Waals surface area contributed by atoms with Crippen LogP contribution in [0, 0.1) is 5.92 Å². The first-order valence-electron chi connectivity index (χ1n) is 11.9. The lowest BCUT2D eigenvalue weighted by Gasteiger charge is -2.45. The van der Waals surface area contributed by atoms with Crippen molar-refractivity contribution in [3.63, 3.8) is 0 Å². The summed E-state index contributed by atoms with van der Waals surface area (Å²) in [4.78, 5) is 8.23. The highest BCUT2D eigenvalue weighted by Crippen LogP contribution is 2.50. The molecule has 0 fully saturated rings. The van der Waals surface area contributed by atoms with Crippen molar-refractivity contribution in [1.29, 1.82) is 0 Å². The Balaban J connectivity index is 1.45. The van der Waals surface area contributed by atoms with Gasteiger partial charge in [-0.05, 0) is 59.7 Å². The van der Waals surface area contributed by atoms with E-state index in [0.29, 0.717) is 23.1 Å². The minimum atomic E-state index is 0.372. The molecule has 6 rings (SSSR count). The average Bonchev–Trinajstić information content (AvgIpc) is 2.88. The van der Waals surface area contributed by atoms with Crippen LogP contribution in [0.3, 0.4) is 0 Å². The van der Waals surface area contributed by atoms with Crippen LogP contribution in [0.1, 0.15) is 31.2 Å². The van der Waals surface area contributed by atoms with Gasteiger partial charge in [0.05, 0.1) is 11.7 Å². The molecule has 4 unspecified atom stereocenters. The van der Waals surface area contributed by atoms with Crippen LogP contribution in [0.15, 0.2) is 107 Å². The summed E-state index contributed by atoms with van der Waals surface area (Å²) in [6.07, 6.45) is 13.1. The van der Waals surface area contributed by atoms with Gasteiger partial charge in [0, 0.05) is 34.2 Å². The number of thioether (sulfide) groups is 1. The monoisotopic (exact) mass is 448 g/mol. The molecule has 33 heavy (non-hydrogen) atoms. The Morgan fingerprint density at radius 1 is 0.909 bits per heavy atom. The van der Waals surface area contributed by atoms with Gasteiger partial charge in [-0.1, -0.05) is 73.7 Å². The van der Waals surface area contributed by atoms with Crippen LogP contribution in [0.5, 0.6) is 0 Å². The molecule has 0 bridgehead atoms. The smallest absolute Gasteiger partial charge is 0.0647 e. The molecule has 0 spiro atoms. The first-order chi connectivity index (χ1) is 16.3. The normalized spacial score (nSPS) is 25.5. The molecule has 0 radical (unpaired) electrons. The predicted molar refractivity (Wildman–Crippen MR) is 142 cm³/mol. The molecular formula is C30H28N2S. The van der Waals surface area contributed by atoms with Crippen LogP contribution in [0.25, 0.3) is 11.1 Å². The highest BCUT2D eigenvalue weighted by Gasteiger charge is 2.38. The molecule has 164 valence electrons. The van der Waals surface area contributed by atoms with E-state index in [1.54, 1.807) is 0 Å². The number of aliphatic imine (C=N–C) groups is 1. The fraction of sp³-hybridized carbons (Fsp3) is 0.233. The Morgan fingerprint density at radius 3 is 2.70 bits per heavy atom. The average molecular weight is 449 g/mol. The van der Waals surface area contributed by atoms with E-state index in [1.807, 2.05) is 12.4 Å². The second-order valence-electron chi connectivity index (χ2n) is 9.20. The Labute approximate surface area is 200 Å². The minimum absolute atomic E-state index is 0.372. The second-order valence-corrected chi connectivity index (χ2v) is 10.4. The Morgan fingerprint density at radius 2 is 1.79 bits per heavy atom. The van der Waals surface area contributed by atoms with E-state index >= 15 is 0 Å². The quantitative estimate of drug-likeness (QED) is 0.377. The van der Waals surface area contributed by atoms with E-state index in [2.05, 4.69) is 120 Å². The van der Waals surface area contributed by atoms with Gasteiger partial charge < -0.3 is 4.90 Å². The summed E-state index contributed by atoms with van der Waals surface area (Å²) in [6.45, 7) is 2.40. The standard InChI is InChI=1S/C30H28N2S/c1-21-8-6-14-28-30(21)33-29-15-5-4-13-27(29)32(28)24-10-7-9-23(20-24)26-12-3-2-11-25(26)22-16-18-31-19-17-22/h2-7,9-16,18-22,28,30H,8,17H2,1H3. The number of anilines is 2. The Hall–Kier alpha value is -3.04. The van der Waals surface area contributed by atoms with E-state index in [9.17, 15) is 0 Å². The van der Waals surface area contributed by atoms with Gasteiger partial charge in [-0.2, -0.15) is 0 Å². The molecule has 0 N–H and O–H groups in total. The Kier molecular flexibility index (Phi) is 5.43. The molecule has 3 aromatic rings. The number of nitrogens with zero attached hydrogens (tertiary/aromatic N) is 2. The van der Waals surface area contributed by atoms with Gasteiger partial charge in [0.2, 0.25) is 0 Å². The highest BCUT2D eigenvalue weighted by atomic mass is 32.2. The molecule has 3 aliphatic rings. The van der Waals surface area contributed by atoms with Gasteiger partial charge in [-0.3, -0.25) is 4.99 Å². The van der Waals surface area contributed by atoms with Gasteiger partial charge >= 0.3 is 0 Å².